The molecule has 0 unspecified atom stereocenters. The zero-order valence-electron chi connectivity index (χ0n) is 30.3. The van der Waals surface area contributed by atoms with Crippen molar-refractivity contribution in [2.75, 3.05) is 0 Å². The average Bonchev–Trinajstić information content (AvgIpc) is 3.83. The minimum absolute atomic E-state index is 0.652. The topological polar surface area (TPSA) is 43.9 Å². The third kappa shape index (κ3) is 5.31. The lowest BCUT2D eigenvalue weighted by Gasteiger charge is -2.09. The highest BCUT2D eigenvalue weighted by Gasteiger charge is 2.22. The van der Waals surface area contributed by atoms with E-state index in [1.165, 1.54) is 16.3 Å². The van der Waals surface area contributed by atoms with Crippen LogP contribution in [0.1, 0.15) is 0 Å². The first-order chi connectivity index (χ1) is 27.8. The summed E-state index contributed by atoms with van der Waals surface area (Å²) in [7, 11) is 0. The van der Waals surface area contributed by atoms with Gasteiger partial charge in [-0.05, 0) is 76.3 Å². The van der Waals surface area contributed by atoms with Crippen molar-refractivity contribution < 1.29 is 4.42 Å². The van der Waals surface area contributed by atoms with Crippen LogP contribution in [-0.4, -0.2) is 14.5 Å². The Balaban J connectivity index is 1.14. The normalized spacial score (nSPS) is 11.6. The second-order valence-corrected chi connectivity index (χ2v) is 14.2. The van der Waals surface area contributed by atoms with Gasteiger partial charge >= 0.3 is 0 Å². The van der Waals surface area contributed by atoms with E-state index in [9.17, 15) is 0 Å². The first kappa shape index (κ1) is 31.9. The number of benzene rings is 8. The Morgan fingerprint density at radius 2 is 0.929 bits per heavy atom. The quantitative estimate of drug-likeness (QED) is 0.172. The van der Waals surface area contributed by atoms with Gasteiger partial charge in [0.1, 0.15) is 16.8 Å². The van der Waals surface area contributed by atoms with Crippen molar-refractivity contribution in [2.24, 2.45) is 0 Å². The van der Waals surface area contributed by atoms with Gasteiger partial charge in [-0.25, -0.2) is 9.97 Å². The maximum atomic E-state index is 7.00. The Labute approximate surface area is 323 Å². The van der Waals surface area contributed by atoms with E-state index in [-0.39, 0.29) is 0 Å². The minimum Gasteiger partial charge on any atom is -0.451 e. The number of aromatic nitrogens is 3. The summed E-state index contributed by atoms with van der Waals surface area (Å²) in [5.41, 5.74) is 15.0. The Bertz CT molecular complexity index is 3240. The number of para-hydroxylation sites is 3. The lowest BCUT2D eigenvalue weighted by Crippen LogP contribution is -1.94. The van der Waals surface area contributed by atoms with Gasteiger partial charge in [-0.1, -0.05) is 152 Å². The largest absolute Gasteiger partial charge is 0.451 e. The Morgan fingerprint density at radius 1 is 0.357 bits per heavy atom. The zero-order valence-corrected chi connectivity index (χ0v) is 30.3. The summed E-state index contributed by atoms with van der Waals surface area (Å²) in [5, 5.41) is 3.35. The summed E-state index contributed by atoms with van der Waals surface area (Å²) in [6, 6.07) is 70.2. The maximum Gasteiger partial charge on any atom is 0.180 e. The fourth-order valence-corrected chi connectivity index (χ4v) is 8.16. The maximum absolute atomic E-state index is 7.00. The van der Waals surface area contributed by atoms with E-state index in [0.29, 0.717) is 11.4 Å². The standard InChI is InChI=1S/C52H33N3O/c1-4-15-34(16-5-1)36-19-12-21-39(31-36)48-51-49(54-52(53-48)40-22-13-20-37(32-40)35-17-6-2-7-18-35)44-27-14-26-42(50(44)56-51)38-29-30-47-45(33-38)43-25-10-11-28-46(43)55(47)41-23-8-3-9-24-41/h1-33H. The van der Waals surface area contributed by atoms with Gasteiger partial charge in [-0.3, -0.25) is 0 Å². The first-order valence-corrected chi connectivity index (χ1v) is 18.9. The number of hydrogen-bond donors (Lipinski definition) is 0. The molecule has 3 aromatic heterocycles. The molecule has 11 rings (SSSR count). The molecule has 0 aliphatic heterocycles. The van der Waals surface area contributed by atoms with Crippen molar-refractivity contribution in [1.82, 2.24) is 14.5 Å². The van der Waals surface area contributed by atoms with E-state index in [2.05, 4.69) is 193 Å². The zero-order chi connectivity index (χ0) is 37.0. The van der Waals surface area contributed by atoms with Crippen molar-refractivity contribution >= 4 is 43.9 Å². The van der Waals surface area contributed by atoms with E-state index in [1.807, 2.05) is 12.1 Å². The molecule has 0 aliphatic carbocycles. The highest BCUT2D eigenvalue weighted by atomic mass is 16.3. The summed E-state index contributed by atoms with van der Waals surface area (Å²) in [4.78, 5) is 10.6. The monoisotopic (exact) mass is 715 g/mol. The molecule has 3 heterocycles. The van der Waals surface area contributed by atoms with Crippen LogP contribution >= 0.6 is 0 Å². The molecule has 262 valence electrons. The van der Waals surface area contributed by atoms with Crippen molar-refractivity contribution in [1.29, 1.82) is 0 Å². The van der Waals surface area contributed by atoms with Gasteiger partial charge in [0, 0.05) is 38.5 Å². The van der Waals surface area contributed by atoms with E-state index in [4.69, 9.17) is 14.4 Å². The van der Waals surface area contributed by atoms with Crippen LogP contribution in [-0.2, 0) is 0 Å². The van der Waals surface area contributed by atoms with Crippen LogP contribution < -0.4 is 0 Å². The van der Waals surface area contributed by atoms with Crippen LogP contribution in [0.5, 0.6) is 0 Å². The summed E-state index contributed by atoms with van der Waals surface area (Å²) >= 11 is 0. The molecule has 0 aliphatic rings. The smallest absolute Gasteiger partial charge is 0.180 e. The van der Waals surface area contributed by atoms with Crippen molar-refractivity contribution in [3.63, 3.8) is 0 Å². The summed E-state index contributed by atoms with van der Waals surface area (Å²) < 4.78 is 9.34. The lowest BCUT2D eigenvalue weighted by molar-refractivity contribution is 0.668. The Kier molecular flexibility index (Phi) is 7.46. The molecule has 8 aromatic carbocycles. The predicted octanol–water partition coefficient (Wildman–Crippen LogP) is 13.8. The fraction of sp³-hybridized carbons (Fsp3) is 0. The number of hydrogen-bond acceptors (Lipinski definition) is 3. The molecule has 0 bridgehead atoms. The second kappa shape index (κ2) is 13.1. The fourth-order valence-electron chi connectivity index (χ4n) is 8.16. The van der Waals surface area contributed by atoms with Crippen LogP contribution in [0.4, 0.5) is 0 Å². The second-order valence-electron chi connectivity index (χ2n) is 14.2. The summed E-state index contributed by atoms with van der Waals surface area (Å²) in [5.74, 6) is 0.652. The van der Waals surface area contributed by atoms with Gasteiger partial charge in [0.05, 0.1) is 11.0 Å². The van der Waals surface area contributed by atoms with Gasteiger partial charge in [0.15, 0.2) is 11.4 Å². The van der Waals surface area contributed by atoms with Crippen LogP contribution in [0.25, 0.3) is 106 Å². The van der Waals surface area contributed by atoms with Gasteiger partial charge in [0.25, 0.3) is 0 Å². The molecule has 0 atom stereocenters. The van der Waals surface area contributed by atoms with Gasteiger partial charge in [-0.15, -0.1) is 0 Å². The van der Waals surface area contributed by atoms with E-state index >= 15 is 0 Å². The van der Waals surface area contributed by atoms with Crippen LogP contribution in [0.3, 0.4) is 0 Å². The van der Waals surface area contributed by atoms with Gasteiger partial charge in [-0.2, -0.15) is 0 Å². The average molecular weight is 716 g/mol. The molecule has 0 radical (unpaired) electrons. The SMILES string of the molecule is c1ccc(-c2cccc(-c3nc(-c4cccc(-c5ccccc5)c4)c4oc5c(-c6ccc7c(c6)c6ccccc6n7-c6ccccc6)cccc5c4n3)c2)cc1. The third-order valence-corrected chi connectivity index (χ3v) is 10.8. The first-order valence-electron chi connectivity index (χ1n) is 18.9. The van der Waals surface area contributed by atoms with Crippen LogP contribution in [0.15, 0.2) is 205 Å². The van der Waals surface area contributed by atoms with Crippen molar-refractivity contribution in [3.8, 4) is 61.7 Å². The lowest BCUT2D eigenvalue weighted by atomic mass is 10.00. The highest BCUT2D eigenvalue weighted by Crippen LogP contribution is 2.42. The van der Waals surface area contributed by atoms with Crippen molar-refractivity contribution in [2.45, 2.75) is 0 Å². The molecule has 4 nitrogen and oxygen atoms in total. The molecule has 0 spiro atoms. The third-order valence-electron chi connectivity index (χ3n) is 10.8. The molecular weight excluding hydrogens is 683 g/mol. The molecule has 0 amide bonds. The number of nitrogens with zero attached hydrogens (tertiary/aromatic N) is 3. The number of rotatable bonds is 6. The predicted molar refractivity (Wildman–Crippen MR) is 231 cm³/mol. The van der Waals surface area contributed by atoms with E-state index in [0.717, 1.165) is 77.9 Å². The van der Waals surface area contributed by atoms with Gasteiger partial charge in [0.2, 0.25) is 0 Å². The minimum atomic E-state index is 0.652. The summed E-state index contributed by atoms with van der Waals surface area (Å²) in [6.07, 6.45) is 0. The molecule has 0 saturated carbocycles. The number of furan rings is 1. The Morgan fingerprint density at radius 3 is 1.68 bits per heavy atom. The molecule has 0 saturated heterocycles. The molecular formula is C52H33N3O. The molecule has 56 heavy (non-hydrogen) atoms. The summed E-state index contributed by atoms with van der Waals surface area (Å²) in [6.45, 7) is 0. The van der Waals surface area contributed by atoms with Crippen molar-refractivity contribution in [3.05, 3.63) is 200 Å². The molecule has 11 aromatic rings. The highest BCUT2D eigenvalue weighted by molar-refractivity contribution is 6.14. The van der Waals surface area contributed by atoms with Crippen LogP contribution in [0.2, 0.25) is 0 Å². The van der Waals surface area contributed by atoms with Gasteiger partial charge < -0.3 is 8.98 Å². The molecule has 4 heteroatoms. The van der Waals surface area contributed by atoms with Crippen LogP contribution in [0, 0.1) is 0 Å². The molecule has 0 fully saturated rings. The Hall–Kier alpha value is -7.56. The van der Waals surface area contributed by atoms with E-state index < -0.39 is 0 Å². The number of fused-ring (bicyclic) bond motifs is 6. The van der Waals surface area contributed by atoms with E-state index in [1.54, 1.807) is 0 Å². The molecule has 0 N–H and O–H groups in total.